The Kier molecular flexibility index (Phi) is 4.32. The van der Waals surface area contributed by atoms with E-state index in [0.717, 1.165) is 4.47 Å². The van der Waals surface area contributed by atoms with Gasteiger partial charge in [0.2, 0.25) is 5.91 Å². The van der Waals surface area contributed by atoms with Crippen molar-refractivity contribution in [2.45, 2.75) is 33.4 Å². The molecule has 4 nitrogen and oxygen atoms in total. The van der Waals surface area contributed by atoms with E-state index < -0.39 is 0 Å². The molecule has 0 radical (unpaired) electrons. The molecule has 0 aliphatic rings. The summed E-state index contributed by atoms with van der Waals surface area (Å²) in [6, 6.07) is 0.185. The minimum atomic E-state index is -0.0702. The maximum Gasteiger partial charge on any atom is 0.224 e. The molecule has 5 heteroatoms. The lowest BCUT2D eigenvalue weighted by atomic mass is 10.1. The van der Waals surface area contributed by atoms with Gasteiger partial charge in [-0.25, -0.2) is 0 Å². The molecule has 0 saturated heterocycles. The zero-order valence-electron chi connectivity index (χ0n) is 9.20. The molecule has 1 atom stereocenters. The van der Waals surface area contributed by atoms with Crippen molar-refractivity contribution in [3.8, 4) is 0 Å². The van der Waals surface area contributed by atoms with Gasteiger partial charge in [0.1, 0.15) is 0 Å². The molecule has 15 heavy (non-hydrogen) atoms. The van der Waals surface area contributed by atoms with Crippen LogP contribution in [0.1, 0.15) is 20.8 Å². The maximum absolute atomic E-state index is 11.6. The van der Waals surface area contributed by atoms with Crippen LogP contribution in [0.3, 0.4) is 0 Å². The summed E-state index contributed by atoms with van der Waals surface area (Å²) in [6.45, 7) is 6.40. The third-order valence-electron chi connectivity index (χ3n) is 1.94. The summed E-state index contributed by atoms with van der Waals surface area (Å²) in [5, 5.41) is 6.98. The smallest absolute Gasteiger partial charge is 0.224 e. The number of hydrogen-bond acceptors (Lipinski definition) is 2. The molecule has 0 spiro atoms. The van der Waals surface area contributed by atoms with E-state index in [0.29, 0.717) is 6.54 Å². The van der Waals surface area contributed by atoms with Crippen molar-refractivity contribution in [2.75, 3.05) is 0 Å². The summed E-state index contributed by atoms with van der Waals surface area (Å²) in [7, 11) is 0. The molecule has 1 rings (SSSR count). The van der Waals surface area contributed by atoms with Crippen LogP contribution in [0, 0.1) is 5.92 Å². The molecular weight excluding hydrogens is 258 g/mol. The minimum Gasteiger partial charge on any atom is -0.354 e. The van der Waals surface area contributed by atoms with Crippen LogP contribution in [0.4, 0.5) is 0 Å². The first-order chi connectivity index (χ1) is 6.99. The van der Waals surface area contributed by atoms with Gasteiger partial charge in [-0.2, -0.15) is 5.10 Å². The number of amides is 1. The van der Waals surface area contributed by atoms with Gasteiger partial charge in [0.15, 0.2) is 0 Å². The Hall–Kier alpha value is -0.840. The van der Waals surface area contributed by atoms with Gasteiger partial charge in [0, 0.05) is 12.2 Å². The predicted molar refractivity (Wildman–Crippen MR) is 62.4 cm³/mol. The number of carbonyl (C=O) groups excluding carboxylic acids is 1. The van der Waals surface area contributed by atoms with Crippen molar-refractivity contribution in [2.24, 2.45) is 5.92 Å². The maximum atomic E-state index is 11.6. The van der Waals surface area contributed by atoms with Crippen molar-refractivity contribution < 1.29 is 4.79 Å². The summed E-state index contributed by atoms with van der Waals surface area (Å²) in [4.78, 5) is 11.6. The molecule has 1 amide bonds. The monoisotopic (exact) mass is 273 g/mol. The third kappa shape index (κ3) is 4.03. The highest BCUT2D eigenvalue weighted by Gasteiger charge is 2.14. The van der Waals surface area contributed by atoms with Gasteiger partial charge in [-0.15, -0.1) is 0 Å². The molecule has 1 aromatic rings. The van der Waals surface area contributed by atoms with Crippen LogP contribution >= 0.6 is 15.9 Å². The number of aromatic nitrogens is 2. The lowest BCUT2D eigenvalue weighted by Crippen LogP contribution is -2.36. The van der Waals surface area contributed by atoms with Gasteiger partial charge in [0.25, 0.3) is 0 Å². The topological polar surface area (TPSA) is 46.9 Å². The Bertz CT molecular complexity index is 335. The molecule has 1 aromatic heterocycles. The number of halogens is 1. The second-order valence-corrected chi connectivity index (χ2v) is 4.86. The first kappa shape index (κ1) is 12.2. The van der Waals surface area contributed by atoms with E-state index in [-0.39, 0.29) is 17.9 Å². The van der Waals surface area contributed by atoms with Crippen molar-refractivity contribution in [3.05, 3.63) is 16.9 Å². The van der Waals surface area contributed by atoms with Gasteiger partial charge in [-0.05, 0) is 29.8 Å². The minimum absolute atomic E-state index is 0.0663. The summed E-state index contributed by atoms with van der Waals surface area (Å²) < 4.78 is 2.69. The molecule has 84 valence electrons. The second kappa shape index (κ2) is 5.30. The number of nitrogens with one attached hydrogen (secondary N) is 1. The Morgan fingerprint density at radius 2 is 2.27 bits per heavy atom. The highest BCUT2D eigenvalue weighted by Crippen LogP contribution is 2.08. The van der Waals surface area contributed by atoms with Gasteiger partial charge in [-0.1, -0.05) is 6.92 Å². The highest BCUT2D eigenvalue weighted by atomic mass is 79.9. The highest BCUT2D eigenvalue weighted by molar-refractivity contribution is 9.10. The number of hydrogen-bond donors (Lipinski definition) is 1. The van der Waals surface area contributed by atoms with Crippen LogP contribution in [0.25, 0.3) is 0 Å². The summed E-state index contributed by atoms with van der Waals surface area (Å²) >= 11 is 3.32. The second-order valence-electron chi connectivity index (χ2n) is 3.94. The Labute approximate surface area is 98.2 Å². The largest absolute Gasteiger partial charge is 0.354 e. The molecule has 1 heterocycles. The quantitative estimate of drug-likeness (QED) is 0.910. The van der Waals surface area contributed by atoms with E-state index in [1.807, 2.05) is 27.0 Å². The van der Waals surface area contributed by atoms with Crippen LogP contribution in [0.15, 0.2) is 16.9 Å². The lowest BCUT2D eigenvalue weighted by molar-refractivity contribution is -0.125. The van der Waals surface area contributed by atoms with Crippen LogP contribution in [0.5, 0.6) is 0 Å². The summed E-state index contributed by atoms with van der Waals surface area (Å²) in [6.07, 6.45) is 3.58. The molecule has 0 bridgehead atoms. The fourth-order valence-electron chi connectivity index (χ4n) is 1.23. The zero-order valence-corrected chi connectivity index (χ0v) is 10.8. The number of carbonyl (C=O) groups is 1. The first-order valence-electron chi connectivity index (χ1n) is 4.97. The molecular formula is C10H16BrN3O. The SMILES string of the molecule is CC(C)NC(=O)C(C)Cn1cc(Br)cn1. The van der Waals surface area contributed by atoms with E-state index in [1.165, 1.54) is 0 Å². The zero-order chi connectivity index (χ0) is 11.4. The Morgan fingerprint density at radius 3 is 2.73 bits per heavy atom. The normalized spacial score (nSPS) is 12.9. The lowest BCUT2D eigenvalue weighted by Gasteiger charge is -2.14. The van der Waals surface area contributed by atoms with E-state index in [4.69, 9.17) is 0 Å². The van der Waals surface area contributed by atoms with E-state index in [9.17, 15) is 4.79 Å². The number of nitrogens with zero attached hydrogens (tertiary/aromatic N) is 2. The summed E-state index contributed by atoms with van der Waals surface area (Å²) in [5.74, 6) is -0.00387. The predicted octanol–water partition coefficient (Wildman–Crippen LogP) is 1.81. The molecule has 0 aliphatic heterocycles. The van der Waals surface area contributed by atoms with Crippen molar-refractivity contribution >= 4 is 21.8 Å². The Morgan fingerprint density at radius 1 is 1.60 bits per heavy atom. The first-order valence-corrected chi connectivity index (χ1v) is 5.76. The molecule has 0 aliphatic carbocycles. The molecule has 1 N–H and O–H groups in total. The van der Waals surface area contributed by atoms with Crippen LogP contribution in [0.2, 0.25) is 0 Å². The van der Waals surface area contributed by atoms with Crippen LogP contribution < -0.4 is 5.32 Å². The number of rotatable bonds is 4. The van der Waals surface area contributed by atoms with Crippen molar-refractivity contribution in [3.63, 3.8) is 0 Å². The fourth-order valence-corrected chi connectivity index (χ4v) is 1.56. The van der Waals surface area contributed by atoms with E-state index >= 15 is 0 Å². The van der Waals surface area contributed by atoms with Gasteiger partial charge in [-0.3, -0.25) is 9.48 Å². The molecule has 0 fully saturated rings. The van der Waals surface area contributed by atoms with E-state index in [1.54, 1.807) is 10.9 Å². The standard InChI is InChI=1S/C10H16BrN3O/c1-7(2)13-10(15)8(3)5-14-6-9(11)4-12-14/h4,6-8H,5H2,1-3H3,(H,13,15). The van der Waals surface area contributed by atoms with Crippen molar-refractivity contribution in [1.29, 1.82) is 0 Å². The van der Waals surface area contributed by atoms with Gasteiger partial charge < -0.3 is 5.32 Å². The average Bonchev–Trinajstić information content (AvgIpc) is 2.50. The molecule has 0 saturated carbocycles. The third-order valence-corrected chi connectivity index (χ3v) is 2.35. The van der Waals surface area contributed by atoms with Crippen molar-refractivity contribution in [1.82, 2.24) is 15.1 Å². The Balaban J connectivity index is 2.48. The molecule has 1 unspecified atom stereocenters. The van der Waals surface area contributed by atoms with Gasteiger partial charge in [0.05, 0.1) is 23.1 Å². The van der Waals surface area contributed by atoms with Crippen LogP contribution in [-0.4, -0.2) is 21.7 Å². The average molecular weight is 274 g/mol. The van der Waals surface area contributed by atoms with Gasteiger partial charge >= 0.3 is 0 Å². The summed E-state index contributed by atoms with van der Waals surface area (Å²) in [5.41, 5.74) is 0. The fraction of sp³-hybridized carbons (Fsp3) is 0.600. The molecule has 0 aromatic carbocycles. The van der Waals surface area contributed by atoms with Crippen LogP contribution in [-0.2, 0) is 11.3 Å². The van der Waals surface area contributed by atoms with E-state index in [2.05, 4.69) is 26.3 Å².